The van der Waals surface area contributed by atoms with Crippen molar-refractivity contribution in [2.75, 3.05) is 0 Å². The van der Waals surface area contributed by atoms with Gasteiger partial charge in [-0.1, -0.05) is 152 Å². The van der Waals surface area contributed by atoms with Crippen molar-refractivity contribution >= 4 is 43.7 Å². The third-order valence-corrected chi connectivity index (χ3v) is 10.7. The minimum atomic E-state index is 0.619. The van der Waals surface area contributed by atoms with Crippen molar-refractivity contribution < 1.29 is 4.42 Å². The Labute approximate surface area is 322 Å². The molecule has 0 spiro atoms. The lowest BCUT2D eigenvalue weighted by atomic mass is 9.97. The zero-order valence-electron chi connectivity index (χ0n) is 30.2. The monoisotopic (exact) mass is 716 g/mol. The fourth-order valence-corrected chi connectivity index (χ4v) is 8.11. The fourth-order valence-electron chi connectivity index (χ4n) is 8.11. The highest BCUT2D eigenvalue weighted by molar-refractivity contribution is 6.16. The van der Waals surface area contributed by atoms with Gasteiger partial charge in [-0.05, 0) is 64.7 Å². The molecule has 11 aromatic rings. The standard InChI is InChI=1S/C51H32N4O/c1-3-15-33(16-4-1)38-21-7-8-23-41(38)51-53-49(34-17-5-2-6-18-34)52-50(54-51)36-20-13-19-35(31-36)39-25-14-27-45-48(39)42-24-9-11-26-44(42)55(45)37-29-30-47-43(32-37)40-22-10-12-28-46(40)56-47/h1-32H. The molecule has 0 bridgehead atoms. The average molecular weight is 717 g/mol. The van der Waals surface area contributed by atoms with Gasteiger partial charge in [0.2, 0.25) is 0 Å². The molecular weight excluding hydrogens is 685 g/mol. The third-order valence-electron chi connectivity index (χ3n) is 10.7. The van der Waals surface area contributed by atoms with E-state index in [0.29, 0.717) is 17.5 Å². The van der Waals surface area contributed by atoms with Gasteiger partial charge >= 0.3 is 0 Å². The Morgan fingerprint density at radius 2 is 0.911 bits per heavy atom. The van der Waals surface area contributed by atoms with E-state index in [9.17, 15) is 0 Å². The van der Waals surface area contributed by atoms with Gasteiger partial charge in [0, 0.05) is 43.9 Å². The summed E-state index contributed by atoms with van der Waals surface area (Å²) in [6.07, 6.45) is 0. The number of hydrogen-bond acceptors (Lipinski definition) is 4. The third kappa shape index (κ3) is 5.29. The number of aromatic nitrogens is 4. The van der Waals surface area contributed by atoms with Crippen LogP contribution in [0, 0.1) is 0 Å². The van der Waals surface area contributed by atoms with E-state index in [1.54, 1.807) is 0 Å². The van der Waals surface area contributed by atoms with Gasteiger partial charge in [-0.15, -0.1) is 0 Å². The zero-order valence-corrected chi connectivity index (χ0v) is 30.2. The Morgan fingerprint density at radius 3 is 1.75 bits per heavy atom. The molecule has 0 aliphatic carbocycles. The van der Waals surface area contributed by atoms with Gasteiger partial charge in [-0.2, -0.15) is 0 Å². The zero-order chi connectivity index (χ0) is 37.0. The van der Waals surface area contributed by atoms with E-state index in [1.807, 2.05) is 54.6 Å². The van der Waals surface area contributed by atoms with Crippen LogP contribution >= 0.6 is 0 Å². The van der Waals surface area contributed by atoms with Crippen LogP contribution < -0.4 is 0 Å². The number of fused-ring (bicyclic) bond motifs is 6. The molecule has 11 rings (SSSR count). The maximum Gasteiger partial charge on any atom is 0.164 e. The van der Waals surface area contributed by atoms with Crippen LogP contribution in [-0.4, -0.2) is 19.5 Å². The summed E-state index contributed by atoms with van der Waals surface area (Å²) in [5.41, 5.74) is 12.3. The van der Waals surface area contributed by atoms with Crippen molar-refractivity contribution in [1.82, 2.24) is 19.5 Å². The summed E-state index contributed by atoms with van der Waals surface area (Å²) in [4.78, 5) is 15.4. The molecule has 262 valence electrons. The Hall–Kier alpha value is -7.63. The predicted octanol–water partition coefficient (Wildman–Crippen LogP) is 13.2. The maximum atomic E-state index is 6.19. The molecule has 5 nitrogen and oxygen atoms in total. The maximum absolute atomic E-state index is 6.19. The van der Waals surface area contributed by atoms with E-state index in [0.717, 1.165) is 77.6 Å². The highest BCUT2D eigenvalue weighted by Gasteiger charge is 2.19. The van der Waals surface area contributed by atoms with Crippen molar-refractivity contribution in [1.29, 1.82) is 0 Å². The second-order valence-corrected chi connectivity index (χ2v) is 14.0. The number of benzene rings is 8. The van der Waals surface area contributed by atoms with Crippen LogP contribution in [-0.2, 0) is 0 Å². The minimum Gasteiger partial charge on any atom is -0.456 e. The molecule has 3 aromatic heterocycles. The lowest BCUT2D eigenvalue weighted by Crippen LogP contribution is -2.01. The second-order valence-electron chi connectivity index (χ2n) is 14.0. The quantitative estimate of drug-likeness (QED) is 0.172. The molecule has 0 aliphatic heterocycles. The first kappa shape index (κ1) is 31.9. The summed E-state index contributed by atoms with van der Waals surface area (Å²) in [6, 6.07) is 67.4. The molecule has 0 atom stereocenters. The molecule has 0 amide bonds. The SMILES string of the molecule is c1ccc(-c2nc(-c3cccc(-c4cccc5c4c4ccccc4n5-c4ccc5oc6ccccc6c5c4)c3)nc(-c3ccccc3-c3ccccc3)n2)cc1. The van der Waals surface area contributed by atoms with Crippen LogP contribution in [0.15, 0.2) is 199 Å². The van der Waals surface area contributed by atoms with Crippen LogP contribution in [0.1, 0.15) is 0 Å². The number of rotatable bonds is 6. The van der Waals surface area contributed by atoms with Crippen molar-refractivity contribution in [3.05, 3.63) is 194 Å². The number of para-hydroxylation sites is 2. The summed E-state index contributed by atoms with van der Waals surface area (Å²) in [5.74, 6) is 1.88. The molecule has 0 radical (unpaired) electrons. The van der Waals surface area contributed by atoms with Gasteiger partial charge in [0.15, 0.2) is 17.5 Å². The van der Waals surface area contributed by atoms with Gasteiger partial charge in [0.05, 0.1) is 11.0 Å². The van der Waals surface area contributed by atoms with Crippen LogP contribution in [0.5, 0.6) is 0 Å². The minimum absolute atomic E-state index is 0.619. The molecule has 56 heavy (non-hydrogen) atoms. The molecule has 0 fully saturated rings. The van der Waals surface area contributed by atoms with E-state index in [-0.39, 0.29) is 0 Å². The molecule has 8 aromatic carbocycles. The Morgan fingerprint density at radius 1 is 0.339 bits per heavy atom. The Balaban J connectivity index is 1.09. The number of hydrogen-bond donors (Lipinski definition) is 0. The Kier molecular flexibility index (Phi) is 7.42. The average Bonchev–Trinajstić information content (AvgIpc) is 3.82. The van der Waals surface area contributed by atoms with Crippen molar-refractivity contribution in [2.45, 2.75) is 0 Å². The van der Waals surface area contributed by atoms with E-state index in [4.69, 9.17) is 19.4 Å². The number of furan rings is 1. The van der Waals surface area contributed by atoms with Crippen LogP contribution in [0.2, 0.25) is 0 Å². The molecule has 0 N–H and O–H groups in total. The van der Waals surface area contributed by atoms with Crippen LogP contribution in [0.4, 0.5) is 0 Å². The van der Waals surface area contributed by atoms with E-state index in [2.05, 4.69) is 144 Å². The first-order chi connectivity index (χ1) is 27.8. The van der Waals surface area contributed by atoms with E-state index in [1.165, 1.54) is 10.8 Å². The largest absolute Gasteiger partial charge is 0.456 e. The lowest BCUT2D eigenvalue weighted by Gasteiger charge is -2.13. The molecule has 0 aliphatic rings. The van der Waals surface area contributed by atoms with Gasteiger partial charge < -0.3 is 8.98 Å². The predicted molar refractivity (Wildman–Crippen MR) is 229 cm³/mol. The molecular formula is C51H32N4O. The summed E-state index contributed by atoms with van der Waals surface area (Å²) >= 11 is 0. The number of nitrogens with zero attached hydrogens (tertiary/aromatic N) is 4. The molecule has 0 saturated carbocycles. The van der Waals surface area contributed by atoms with Gasteiger partial charge in [0.1, 0.15) is 11.2 Å². The highest BCUT2D eigenvalue weighted by Crippen LogP contribution is 2.41. The second kappa shape index (κ2) is 13.0. The summed E-state index contributed by atoms with van der Waals surface area (Å²) in [6.45, 7) is 0. The molecule has 3 heterocycles. The van der Waals surface area contributed by atoms with Gasteiger partial charge in [-0.25, -0.2) is 15.0 Å². The normalized spacial score (nSPS) is 11.6. The Bertz CT molecular complexity index is 3250. The first-order valence-electron chi connectivity index (χ1n) is 18.8. The molecule has 0 unspecified atom stereocenters. The smallest absolute Gasteiger partial charge is 0.164 e. The van der Waals surface area contributed by atoms with Crippen LogP contribution in [0.3, 0.4) is 0 Å². The van der Waals surface area contributed by atoms with E-state index < -0.39 is 0 Å². The lowest BCUT2D eigenvalue weighted by molar-refractivity contribution is 0.669. The van der Waals surface area contributed by atoms with Gasteiger partial charge in [-0.3, -0.25) is 0 Å². The molecule has 0 saturated heterocycles. The summed E-state index contributed by atoms with van der Waals surface area (Å²) in [5, 5.41) is 4.59. The summed E-state index contributed by atoms with van der Waals surface area (Å²) in [7, 11) is 0. The topological polar surface area (TPSA) is 56.7 Å². The van der Waals surface area contributed by atoms with Crippen molar-refractivity contribution in [3.63, 3.8) is 0 Å². The molecule has 5 heteroatoms. The summed E-state index contributed by atoms with van der Waals surface area (Å²) < 4.78 is 8.56. The van der Waals surface area contributed by atoms with Crippen molar-refractivity contribution in [2.24, 2.45) is 0 Å². The first-order valence-corrected chi connectivity index (χ1v) is 18.8. The fraction of sp³-hybridized carbons (Fsp3) is 0. The highest BCUT2D eigenvalue weighted by atomic mass is 16.3. The van der Waals surface area contributed by atoms with Gasteiger partial charge in [0.25, 0.3) is 0 Å². The van der Waals surface area contributed by atoms with Crippen LogP contribution in [0.25, 0.3) is 106 Å². The van der Waals surface area contributed by atoms with Crippen molar-refractivity contribution in [3.8, 4) is 62.1 Å². The van der Waals surface area contributed by atoms with E-state index >= 15 is 0 Å².